The summed E-state index contributed by atoms with van der Waals surface area (Å²) < 4.78 is 12.8. The van der Waals surface area contributed by atoms with Crippen LogP contribution in [0.2, 0.25) is 0 Å². The average Bonchev–Trinajstić information content (AvgIpc) is 3.19. The zero-order valence-corrected chi connectivity index (χ0v) is 13.1. The van der Waals surface area contributed by atoms with Gasteiger partial charge in [-0.25, -0.2) is 4.98 Å². The lowest BCUT2D eigenvalue weighted by Gasteiger charge is -2.21. The van der Waals surface area contributed by atoms with E-state index in [1.54, 1.807) is 14.2 Å². The SMILES string of the molecule is COc1cc2nc(N)n(CC3(C(C)C)CC3)c2cc1OC. The molecule has 1 heterocycles. The fraction of sp³-hybridized carbons (Fsp3) is 0.562. The molecule has 1 aliphatic rings. The third kappa shape index (κ3) is 2.20. The molecule has 114 valence electrons. The van der Waals surface area contributed by atoms with Gasteiger partial charge in [0.25, 0.3) is 0 Å². The Kier molecular flexibility index (Phi) is 3.23. The Hall–Kier alpha value is -1.91. The number of ether oxygens (including phenoxy) is 2. The summed E-state index contributed by atoms with van der Waals surface area (Å²) in [5, 5.41) is 0. The molecule has 1 saturated carbocycles. The van der Waals surface area contributed by atoms with Crippen LogP contribution in [-0.4, -0.2) is 23.8 Å². The zero-order chi connectivity index (χ0) is 15.2. The molecule has 2 aromatic rings. The lowest BCUT2D eigenvalue weighted by atomic mass is 9.92. The number of imidazole rings is 1. The molecule has 5 nitrogen and oxygen atoms in total. The number of methoxy groups -OCH3 is 2. The molecule has 1 aromatic heterocycles. The van der Waals surface area contributed by atoms with Crippen molar-refractivity contribution in [1.82, 2.24) is 9.55 Å². The van der Waals surface area contributed by atoms with Crippen LogP contribution in [0.15, 0.2) is 12.1 Å². The maximum Gasteiger partial charge on any atom is 0.201 e. The molecule has 0 spiro atoms. The first-order valence-corrected chi connectivity index (χ1v) is 7.38. The zero-order valence-electron chi connectivity index (χ0n) is 13.1. The van der Waals surface area contributed by atoms with Gasteiger partial charge in [-0.1, -0.05) is 13.8 Å². The van der Waals surface area contributed by atoms with E-state index in [1.165, 1.54) is 12.8 Å². The van der Waals surface area contributed by atoms with Crippen molar-refractivity contribution in [3.8, 4) is 11.5 Å². The molecule has 1 aliphatic carbocycles. The number of nitrogens with two attached hydrogens (primary N) is 1. The summed E-state index contributed by atoms with van der Waals surface area (Å²) in [5.74, 6) is 2.60. The molecule has 0 aliphatic heterocycles. The van der Waals surface area contributed by atoms with Crippen molar-refractivity contribution in [1.29, 1.82) is 0 Å². The van der Waals surface area contributed by atoms with Crippen LogP contribution in [0.25, 0.3) is 11.0 Å². The third-order valence-corrected chi connectivity index (χ3v) is 4.87. The molecule has 2 N–H and O–H groups in total. The van der Waals surface area contributed by atoms with Crippen molar-refractivity contribution >= 4 is 17.0 Å². The van der Waals surface area contributed by atoms with Crippen molar-refractivity contribution < 1.29 is 9.47 Å². The molecule has 0 bridgehead atoms. The van der Waals surface area contributed by atoms with Crippen molar-refractivity contribution in [2.75, 3.05) is 20.0 Å². The normalized spacial score (nSPS) is 16.4. The van der Waals surface area contributed by atoms with Gasteiger partial charge >= 0.3 is 0 Å². The van der Waals surface area contributed by atoms with Gasteiger partial charge < -0.3 is 19.8 Å². The number of nitrogens with zero attached hydrogens (tertiary/aromatic N) is 2. The summed E-state index contributed by atoms with van der Waals surface area (Å²) in [6.07, 6.45) is 2.52. The summed E-state index contributed by atoms with van der Waals surface area (Å²) in [7, 11) is 3.27. The van der Waals surface area contributed by atoms with E-state index in [0.717, 1.165) is 17.6 Å². The largest absolute Gasteiger partial charge is 0.493 e. The second-order valence-electron chi connectivity index (χ2n) is 6.27. The van der Waals surface area contributed by atoms with E-state index in [9.17, 15) is 0 Å². The van der Waals surface area contributed by atoms with Crippen LogP contribution in [-0.2, 0) is 6.54 Å². The second kappa shape index (κ2) is 4.83. The molecule has 21 heavy (non-hydrogen) atoms. The number of nitrogen functional groups attached to an aromatic ring is 1. The standard InChI is InChI=1S/C16H23N3O2/c1-10(2)16(5-6-16)9-19-12-8-14(21-4)13(20-3)7-11(12)18-15(19)17/h7-8,10H,5-6,9H2,1-4H3,(H2,17,18). The number of benzene rings is 1. The highest BCUT2D eigenvalue weighted by atomic mass is 16.5. The van der Waals surface area contributed by atoms with Crippen LogP contribution in [0, 0.1) is 11.3 Å². The second-order valence-corrected chi connectivity index (χ2v) is 6.27. The molecule has 1 aromatic carbocycles. The Morgan fingerprint density at radius 2 is 1.86 bits per heavy atom. The number of anilines is 1. The lowest BCUT2D eigenvalue weighted by Crippen LogP contribution is -2.18. The van der Waals surface area contributed by atoms with Gasteiger partial charge in [-0.05, 0) is 24.2 Å². The van der Waals surface area contributed by atoms with Crippen LogP contribution >= 0.6 is 0 Å². The lowest BCUT2D eigenvalue weighted by molar-refractivity contribution is 0.314. The first-order chi connectivity index (χ1) is 10.0. The smallest absolute Gasteiger partial charge is 0.201 e. The molecule has 0 saturated heterocycles. The van der Waals surface area contributed by atoms with Crippen LogP contribution in [0.4, 0.5) is 5.95 Å². The highest BCUT2D eigenvalue weighted by Gasteiger charge is 2.46. The molecule has 3 rings (SSSR count). The van der Waals surface area contributed by atoms with E-state index >= 15 is 0 Å². The summed E-state index contributed by atoms with van der Waals surface area (Å²) >= 11 is 0. The van der Waals surface area contributed by atoms with Crippen molar-refractivity contribution in [2.45, 2.75) is 33.2 Å². The van der Waals surface area contributed by atoms with Gasteiger partial charge in [0.2, 0.25) is 5.95 Å². The fourth-order valence-corrected chi connectivity index (χ4v) is 3.03. The maximum absolute atomic E-state index is 6.14. The van der Waals surface area contributed by atoms with E-state index in [1.807, 2.05) is 12.1 Å². The average molecular weight is 289 g/mol. The summed E-state index contributed by atoms with van der Waals surface area (Å²) in [6.45, 7) is 5.49. The van der Waals surface area contributed by atoms with E-state index in [-0.39, 0.29) is 0 Å². The van der Waals surface area contributed by atoms with Gasteiger partial charge in [0.15, 0.2) is 11.5 Å². The minimum absolute atomic E-state index is 0.370. The first-order valence-electron chi connectivity index (χ1n) is 7.38. The molecule has 5 heteroatoms. The molecule has 0 unspecified atom stereocenters. The molecular formula is C16H23N3O2. The van der Waals surface area contributed by atoms with Gasteiger partial charge in [-0.3, -0.25) is 0 Å². The molecule has 1 fully saturated rings. The quantitative estimate of drug-likeness (QED) is 0.919. The number of hydrogen-bond acceptors (Lipinski definition) is 4. The van der Waals surface area contributed by atoms with Gasteiger partial charge in [-0.2, -0.15) is 0 Å². The summed E-state index contributed by atoms with van der Waals surface area (Å²) in [5.41, 5.74) is 8.37. The monoisotopic (exact) mass is 289 g/mol. The van der Waals surface area contributed by atoms with Crippen LogP contribution in [0.5, 0.6) is 11.5 Å². The molecule has 0 radical (unpaired) electrons. The number of hydrogen-bond donors (Lipinski definition) is 1. The number of fused-ring (bicyclic) bond motifs is 1. The van der Waals surface area contributed by atoms with Gasteiger partial charge in [-0.15, -0.1) is 0 Å². The molecular weight excluding hydrogens is 266 g/mol. The number of aromatic nitrogens is 2. The number of rotatable bonds is 5. The molecule has 0 amide bonds. The Morgan fingerprint density at radius 3 is 2.38 bits per heavy atom. The van der Waals surface area contributed by atoms with E-state index in [4.69, 9.17) is 15.2 Å². The fourth-order valence-electron chi connectivity index (χ4n) is 3.03. The minimum atomic E-state index is 0.370. The maximum atomic E-state index is 6.14. The van der Waals surface area contributed by atoms with Crippen LogP contribution in [0.3, 0.4) is 0 Å². The van der Waals surface area contributed by atoms with Gasteiger partial charge in [0.05, 0.1) is 25.3 Å². The van der Waals surface area contributed by atoms with Crippen LogP contribution < -0.4 is 15.2 Å². The Bertz CT molecular complexity index is 672. The topological polar surface area (TPSA) is 62.3 Å². The van der Waals surface area contributed by atoms with Gasteiger partial charge in [0.1, 0.15) is 0 Å². The Morgan fingerprint density at radius 1 is 1.24 bits per heavy atom. The predicted octanol–water partition coefficient (Wildman–Crippen LogP) is 3.07. The Labute approximate surface area is 125 Å². The van der Waals surface area contributed by atoms with E-state index in [2.05, 4.69) is 23.4 Å². The van der Waals surface area contributed by atoms with Crippen molar-refractivity contribution in [3.05, 3.63) is 12.1 Å². The van der Waals surface area contributed by atoms with E-state index in [0.29, 0.717) is 28.8 Å². The predicted molar refractivity (Wildman–Crippen MR) is 83.8 cm³/mol. The van der Waals surface area contributed by atoms with Gasteiger partial charge in [0, 0.05) is 18.7 Å². The minimum Gasteiger partial charge on any atom is -0.493 e. The first kappa shape index (κ1) is 14.0. The molecule has 0 atom stereocenters. The van der Waals surface area contributed by atoms with E-state index < -0.39 is 0 Å². The third-order valence-electron chi connectivity index (χ3n) is 4.87. The van der Waals surface area contributed by atoms with Crippen molar-refractivity contribution in [2.24, 2.45) is 11.3 Å². The van der Waals surface area contributed by atoms with Crippen LogP contribution in [0.1, 0.15) is 26.7 Å². The Balaban J connectivity index is 2.08. The van der Waals surface area contributed by atoms with Crippen molar-refractivity contribution in [3.63, 3.8) is 0 Å². The highest BCUT2D eigenvalue weighted by Crippen LogP contribution is 2.53. The highest BCUT2D eigenvalue weighted by molar-refractivity contribution is 5.82. The summed E-state index contributed by atoms with van der Waals surface area (Å²) in [4.78, 5) is 4.47. The summed E-state index contributed by atoms with van der Waals surface area (Å²) in [6, 6.07) is 3.85.